The highest BCUT2D eigenvalue weighted by atomic mass is 35.5. The second kappa shape index (κ2) is 6.03. The molecular formula is C13H19ClN2O. The number of halogens is 1. The third kappa shape index (κ3) is 3.72. The molecule has 1 rings (SSSR count). The Morgan fingerprint density at radius 1 is 1.47 bits per heavy atom. The zero-order chi connectivity index (χ0) is 12.9. The van der Waals surface area contributed by atoms with Gasteiger partial charge in [0.15, 0.2) is 0 Å². The molecule has 0 aliphatic rings. The molecule has 1 aromatic carbocycles. The topological polar surface area (TPSA) is 55.1 Å². The van der Waals surface area contributed by atoms with E-state index in [0.717, 1.165) is 12.0 Å². The second-order valence-corrected chi connectivity index (χ2v) is 4.97. The number of hydrogen-bond donors (Lipinski definition) is 2. The Morgan fingerprint density at radius 3 is 2.76 bits per heavy atom. The predicted octanol–water partition coefficient (Wildman–Crippen LogP) is 2.08. The maximum absolute atomic E-state index is 12.1. The first-order valence-electron chi connectivity index (χ1n) is 5.73. The van der Waals surface area contributed by atoms with Crippen LogP contribution in [-0.2, 0) is 10.2 Å². The molecule has 0 fully saturated rings. The summed E-state index contributed by atoms with van der Waals surface area (Å²) in [6.07, 6.45) is 0.789. The Kier molecular flexibility index (Phi) is 4.97. The summed E-state index contributed by atoms with van der Waals surface area (Å²) in [6.45, 7) is 4.96. The van der Waals surface area contributed by atoms with Gasteiger partial charge in [0.05, 0.1) is 5.41 Å². The van der Waals surface area contributed by atoms with Crippen molar-refractivity contribution in [3.63, 3.8) is 0 Å². The molecule has 4 heteroatoms. The smallest absolute Gasteiger partial charge is 0.230 e. The van der Waals surface area contributed by atoms with Crippen molar-refractivity contribution in [3.8, 4) is 0 Å². The number of benzene rings is 1. The largest absolute Gasteiger partial charge is 0.355 e. The fraction of sp³-hybridized carbons (Fsp3) is 0.462. The van der Waals surface area contributed by atoms with Crippen molar-refractivity contribution >= 4 is 17.5 Å². The summed E-state index contributed by atoms with van der Waals surface area (Å²) in [5.74, 6) is -0.00628. The van der Waals surface area contributed by atoms with Gasteiger partial charge in [-0.15, -0.1) is 0 Å². The highest BCUT2D eigenvalue weighted by molar-refractivity contribution is 6.30. The van der Waals surface area contributed by atoms with Gasteiger partial charge in [0.1, 0.15) is 0 Å². The van der Waals surface area contributed by atoms with Crippen LogP contribution in [0.15, 0.2) is 24.3 Å². The van der Waals surface area contributed by atoms with Crippen molar-refractivity contribution in [1.82, 2.24) is 5.32 Å². The van der Waals surface area contributed by atoms with E-state index < -0.39 is 5.41 Å². The highest BCUT2D eigenvalue weighted by Gasteiger charge is 2.29. The molecule has 3 nitrogen and oxygen atoms in total. The van der Waals surface area contributed by atoms with Crippen LogP contribution in [0.4, 0.5) is 0 Å². The Morgan fingerprint density at radius 2 is 2.18 bits per heavy atom. The second-order valence-electron chi connectivity index (χ2n) is 4.53. The molecule has 1 amide bonds. The Balaban J connectivity index is 2.76. The van der Waals surface area contributed by atoms with Gasteiger partial charge in [-0.3, -0.25) is 4.79 Å². The number of nitrogens with one attached hydrogen (secondary N) is 1. The van der Waals surface area contributed by atoms with Crippen LogP contribution in [0.3, 0.4) is 0 Å². The van der Waals surface area contributed by atoms with Crippen LogP contribution in [0, 0.1) is 0 Å². The maximum atomic E-state index is 12.1. The van der Waals surface area contributed by atoms with E-state index in [1.807, 2.05) is 32.0 Å². The third-order valence-electron chi connectivity index (χ3n) is 2.78. The summed E-state index contributed by atoms with van der Waals surface area (Å²) in [5.41, 5.74) is 5.71. The standard InChI is InChI=1S/C13H19ClN2O/c1-13(2,12(17)16-8-4-7-15)10-5-3-6-11(14)9-10/h3,5-6,9H,4,7-8,15H2,1-2H3,(H,16,17). The van der Waals surface area contributed by atoms with Crippen molar-refractivity contribution in [1.29, 1.82) is 0 Å². The van der Waals surface area contributed by atoms with Crippen LogP contribution in [0.5, 0.6) is 0 Å². The Bertz CT molecular complexity index is 391. The van der Waals surface area contributed by atoms with Gasteiger partial charge in [-0.1, -0.05) is 23.7 Å². The van der Waals surface area contributed by atoms with Gasteiger partial charge in [-0.25, -0.2) is 0 Å². The Labute approximate surface area is 107 Å². The van der Waals surface area contributed by atoms with E-state index in [0.29, 0.717) is 18.1 Å². The van der Waals surface area contributed by atoms with Gasteiger partial charge in [-0.2, -0.15) is 0 Å². The zero-order valence-corrected chi connectivity index (χ0v) is 11.1. The number of amides is 1. The first kappa shape index (κ1) is 14.0. The molecule has 0 aromatic heterocycles. The van der Waals surface area contributed by atoms with Crippen molar-refractivity contribution < 1.29 is 4.79 Å². The number of rotatable bonds is 5. The van der Waals surface area contributed by atoms with Crippen molar-refractivity contribution in [3.05, 3.63) is 34.9 Å². The van der Waals surface area contributed by atoms with Crippen LogP contribution in [-0.4, -0.2) is 19.0 Å². The van der Waals surface area contributed by atoms with Crippen molar-refractivity contribution in [2.75, 3.05) is 13.1 Å². The quantitative estimate of drug-likeness (QED) is 0.791. The first-order chi connectivity index (χ1) is 7.98. The van der Waals surface area contributed by atoms with Crippen LogP contribution in [0.1, 0.15) is 25.8 Å². The molecule has 0 unspecified atom stereocenters. The van der Waals surface area contributed by atoms with Gasteiger partial charge in [0.25, 0.3) is 0 Å². The number of hydrogen-bond acceptors (Lipinski definition) is 2. The van der Waals surface area contributed by atoms with E-state index in [-0.39, 0.29) is 5.91 Å². The molecule has 0 saturated heterocycles. The summed E-state index contributed by atoms with van der Waals surface area (Å²) in [6, 6.07) is 7.39. The van der Waals surface area contributed by atoms with Gasteiger partial charge in [-0.05, 0) is 44.5 Å². The summed E-state index contributed by atoms with van der Waals surface area (Å²) >= 11 is 5.93. The predicted molar refractivity (Wildman–Crippen MR) is 71.2 cm³/mol. The van der Waals surface area contributed by atoms with E-state index in [1.54, 1.807) is 6.07 Å². The van der Waals surface area contributed by atoms with Crippen molar-refractivity contribution in [2.45, 2.75) is 25.7 Å². The molecule has 1 aromatic rings. The lowest BCUT2D eigenvalue weighted by atomic mass is 9.84. The average Bonchev–Trinajstić information content (AvgIpc) is 2.29. The highest BCUT2D eigenvalue weighted by Crippen LogP contribution is 2.25. The van der Waals surface area contributed by atoms with Gasteiger partial charge in [0.2, 0.25) is 5.91 Å². The molecule has 3 N–H and O–H groups in total. The van der Waals surface area contributed by atoms with E-state index in [9.17, 15) is 4.79 Å². The molecule has 0 bridgehead atoms. The first-order valence-corrected chi connectivity index (χ1v) is 6.10. The molecule has 0 aliphatic carbocycles. The fourth-order valence-electron chi connectivity index (χ4n) is 1.53. The maximum Gasteiger partial charge on any atom is 0.230 e. The lowest BCUT2D eigenvalue weighted by Gasteiger charge is -2.24. The number of carbonyl (C=O) groups is 1. The zero-order valence-electron chi connectivity index (χ0n) is 10.3. The normalized spacial score (nSPS) is 11.3. The number of nitrogens with two attached hydrogens (primary N) is 1. The lowest BCUT2D eigenvalue weighted by molar-refractivity contribution is -0.125. The molecule has 0 heterocycles. The van der Waals surface area contributed by atoms with Gasteiger partial charge >= 0.3 is 0 Å². The fourth-order valence-corrected chi connectivity index (χ4v) is 1.72. The summed E-state index contributed by atoms with van der Waals surface area (Å²) in [5, 5.41) is 3.52. The van der Waals surface area contributed by atoms with Crippen molar-refractivity contribution in [2.24, 2.45) is 5.73 Å². The molecule has 17 heavy (non-hydrogen) atoms. The minimum absolute atomic E-state index is 0.00628. The minimum atomic E-state index is -0.584. The molecule has 0 radical (unpaired) electrons. The van der Waals surface area contributed by atoms with Gasteiger partial charge in [0, 0.05) is 11.6 Å². The Hall–Kier alpha value is -1.06. The molecule has 0 atom stereocenters. The summed E-state index contributed by atoms with van der Waals surface area (Å²) in [4.78, 5) is 12.1. The monoisotopic (exact) mass is 254 g/mol. The number of carbonyl (C=O) groups excluding carboxylic acids is 1. The van der Waals surface area contributed by atoms with Crippen LogP contribution < -0.4 is 11.1 Å². The van der Waals surface area contributed by atoms with E-state index >= 15 is 0 Å². The lowest BCUT2D eigenvalue weighted by Crippen LogP contribution is -2.40. The summed E-state index contributed by atoms with van der Waals surface area (Å²) < 4.78 is 0. The average molecular weight is 255 g/mol. The minimum Gasteiger partial charge on any atom is -0.355 e. The molecule has 0 aliphatic heterocycles. The van der Waals surface area contributed by atoms with E-state index in [2.05, 4.69) is 5.32 Å². The van der Waals surface area contributed by atoms with E-state index in [1.165, 1.54) is 0 Å². The molecule has 0 spiro atoms. The molecular weight excluding hydrogens is 236 g/mol. The third-order valence-corrected chi connectivity index (χ3v) is 3.02. The molecule has 94 valence electrons. The van der Waals surface area contributed by atoms with Crippen LogP contribution in [0.25, 0.3) is 0 Å². The van der Waals surface area contributed by atoms with Crippen LogP contribution in [0.2, 0.25) is 5.02 Å². The van der Waals surface area contributed by atoms with Crippen LogP contribution >= 0.6 is 11.6 Å². The van der Waals surface area contributed by atoms with Gasteiger partial charge < -0.3 is 11.1 Å². The summed E-state index contributed by atoms with van der Waals surface area (Å²) in [7, 11) is 0. The molecule has 0 saturated carbocycles. The SMILES string of the molecule is CC(C)(C(=O)NCCCN)c1cccc(Cl)c1. The van der Waals surface area contributed by atoms with E-state index in [4.69, 9.17) is 17.3 Å².